The molecule has 0 nitrogen and oxygen atoms in total. The lowest BCUT2D eigenvalue weighted by molar-refractivity contribution is 0.504. The Bertz CT molecular complexity index is 40.4. The normalized spacial score (nSPS) is 18.5. The van der Waals surface area contributed by atoms with Gasteiger partial charge in [-0.15, -0.1) is 0 Å². The number of hydrogen-bond acceptors (Lipinski definition) is 0. The average Bonchev–Trinajstić information content (AvgIpc) is 1.79. The van der Waals surface area contributed by atoms with Crippen LogP contribution >= 0.6 is 0 Å². The highest BCUT2D eigenvalue weighted by Gasteiger charge is 1.95. The zero-order chi connectivity index (χ0) is 9.07. The van der Waals surface area contributed by atoms with Crippen LogP contribution in [0, 0.1) is 0 Å². The third kappa shape index (κ3) is 10.0. The van der Waals surface area contributed by atoms with Crippen molar-refractivity contribution in [3.63, 3.8) is 0 Å². The summed E-state index contributed by atoms with van der Waals surface area (Å²) in [6.45, 7) is 4.36. The molecule has 2 rings (SSSR count). The minimum absolute atomic E-state index is 1.32. The van der Waals surface area contributed by atoms with Gasteiger partial charge >= 0.3 is 0 Å². The fourth-order valence-corrected chi connectivity index (χ4v) is 0.500. The summed E-state index contributed by atoms with van der Waals surface area (Å²) in [5.41, 5.74) is 0. The Balaban J connectivity index is 0.000000151. The number of hydrogen-bond donors (Lipinski definition) is 0. The Morgan fingerprint density at radius 1 is 0.500 bits per heavy atom. The summed E-state index contributed by atoms with van der Waals surface area (Å²) in [6, 6.07) is 0. The highest BCUT2D eigenvalue weighted by Crippen LogP contribution is 2.15. The molecule has 0 saturated heterocycles. The Hall–Kier alpha value is 0. The fraction of sp³-hybridized carbons (Fsp3) is 1.00. The molecule has 12 heavy (non-hydrogen) atoms. The minimum atomic E-state index is 1.32. The van der Waals surface area contributed by atoms with Crippen LogP contribution in [-0.4, -0.2) is 0 Å². The van der Waals surface area contributed by atoms with Crippen LogP contribution in [0.2, 0.25) is 0 Å². The number of unbranched alkanes of at least 4 members (excludes halogenated alkanes) is 1. The second-order valence-electron chi connectivity index (χ2n) is 3.83. The molecule has 2 fully saturated rings. The molecule has 0 spiro atoms. The molecule has 74 valence electrons. The van der Waals surface area contributed by atoms with Gasteiger partial charge in [0.1, 0.15) is 0 Å². The van der Waals surface area contributed by atoms with E-state index in [2.05, 4.69) is 13.8 Å². The Morgan fingerprint density at radius 2 is 0.667 bits per heavy atom. The lowest BCUT2D eigenvalue weighted by Crippen LogP contribution is -1.85. The van der Waals surface area contributed by atoms with Crippen molar-refractivity contribution in [1.29, 1.82) is 0 Å². The molecule has 0 heteroatoms. The summed E-state index contributed by atoms with van der Waals surface area (Å²) in [6.07, 6.45) is 14.6. The Kier molecular flexibility index (Phi) is 11.0. The van der Waals surface area contributed by atoms with Crippen LogP contribution in [-0.2, 0) is 0 Å². The van der Waals surface area contributed by atoms with Gasteiger partial charge in [-0.05, 0) is 0 Å². The third-order valence-corrected chi connectivity index (χ3v) is 2.50. The van der Waals surface area contributed by atoms with Crippen LogP contribution < -0.4 is 0 Å². The lowest BCUT2D eigenvalue weighted by Gasteiger charge is -2.05. The van der Waals surface area contributed by atoms with Crippen molar-refractivity contribution < 1.29 is 0 Å². The van der Waals surface area contributed by atoms with Crippen LogP contribution in [0.4, 0.5) is 0 Å². The van der Waals surface area contributed by atoms with Gasteiger partial charge in [0.25, 0.3) is 0 Å². The molecule has 0 aromatic carbocycles. The standard InChI is InChI=1S/2C4H8.C4H10/c2*1-2-4-3-1;1-3-4-2/h2*1-4H2;3-4H2,1-2H3. The van der Waals surface area contributed by atoms with Gasteiger partial charge in [0.15, 0.2) is 0 Å². The number of rotatable bonds is 1. The van der Waals surface area contributed by atoms with Gasteiger partial charge in [0, 0.05) is 0 Å². The van der Waals surface area contributed by atoms with Crippen molar-refractivity contribution in [2.24, 2.45) is 0 Å². The molecular weight excluding hydrogens is 144 g/mol. The molecule has 0 aliphatic heterocycles. The molecule has 0 unspecified atom stereocenters. The van der Waals surface area contributed by atoms with E-state index in [1.165, 1.54) is 64.2 Å². The minimum Gasteiger partial charge on any atom is -0.0654 e. The summed E-state index contributed by atoms with van der Waals surface area (Å²) in [4.78, 5) is 0. The second-order valence-corrected chi connectivity index (χ2v) is 3.83. The van der Waals surface area contributed by atoms with E-state index in [-0.39, 0.29) is 0 Å². The smallest absolute Gasteiger partial charge is 0.0533 e. The SMILES string of the molecule is C1CCC1.C1CCC1.CCCC. The molecule has 2 aliphatic carbocycles. The van der Waals surface area contributed by atoms with Crippen LogP contribution in [0.3, 0.4) is 0 Å². The molecule has 2 aliphatic rings. The summed E-state index contributed by atoms with van der Waals surface area (Å²) < 4.78 is 0. The molecule has 0 amide bonds. The maximum absolute atomic E-state index is 2.18. The van der Waals surface area contributed by atoms with Gasteiger partial charge in [-0.1, -0.05) is 78.1 Å². The molecular formula is C12H26. The highest BCUT2D eigenvalue weighted by molar-refractivity contribution is 4.51. The molecule has 0 aromatic rings. The van der Waals surface area contributed by atoms with E-state index in [0.717, 1.165) is 0 Å². The first-order valence-corrected chi connectivity index (χ1v) is 5.91. The van der Waals surface area contributed by atoms with Gasteiger partial charge in [0.05, 0.1) is 0 Å². The first-order valence-electron chi connectivity index (χ1n) is 5.91. The van der Waals surface area contributed by atoms with Crippen molar-refractivity contribution in [3.05, 3.63) is 0 Å². The van der Waals surface area contributed by atoms with Gasteiger partial charge in [-0.25, -0.2) is 0 Å². The molecule has 0 radical (unpaired) electrons. The van der Waals surface area contributed by atoms with Crippen molar-refractivity contribution in [2.45, 2.75) is 78.1 Å². The molecule has 0 aromatic heterocycles. The van der Waals surface area contributed by atoms with Gasteiger partial charge in [-0.3, -0.25) is 0 Å². The van der Waals surface area contributed by atoms with Crippen LogP contribution in [0.5, 0.6) is 0 Å². The maximum Gasteiger partial charge on any atom is -0.0533 e. The van der Waals surface area contributed by atoms with Crippen LogP contribution in [0.1, 0.15) is 78.1 Å². The predicted octanol–water partition coefficient (Wildman–Crippen LogP) is 4.93. The van der Waals surface area contributed by atoms with Crippen molar-refractivity contribution >= 4 is 0 Å². The summed E-state index contributed by atoms with van der Waals surface area (Å²) >= 11 is 0. The van der Waals surface area contributed by atoms with E-state index in [0.29, 0.717) is 0 Å². The Labute approximate surface area is 78.8 Å². The highest BCUT2D eigenvalue weighted by atomic mass is 14.0. The predicted molar refractivity (Wildman–Crippen MR) is 57.5 cm³/mol. The molecule has 0 bridgehead atoms. The Morgan fingerprint density at radius 3 is 0.667 bits per heavy atom. The fourth-order valence-electron chi connectivity index (χ4n) is 0.500. The topological polar surface area (TPSA) is 0 Å². The monoisotopic (exact) mass is 170 g/mol. The molecule has 0 heterocycles. The zero-order valence-corrected chi connectivity index (χ0v) is 9.07. The zero-order valence-electron chi connectivity index (χ0n) is 9.07. The van der Waals surface area contributed by atoms with E-state index in [1.807, 2.05) is 0 Å². The van der Waals surface area contributed by atoms with E-state index in [1.54, 1.807) is 0 Å². The van der Waals surface area contributed by atoms with Crippen molar-refractivity contribution in [2.75, 3.05) is 0 Å². The van der Waals surface area contributed by atoms with Crippen molar-refractivity contribution in [3.8, 4) is 0 Å². The van der Waals surface area contributed by atoms with E-state index < -0.39 is 0 Å². The summed E-state index contributed by atoms with van der Waals surface area (Å²) in [5, 5.41) is 0. The average molecular weight is 170 g/mol. The largest absolute Gasteiger partial charge is 0.0654 e. The quantitative estimate of drug-likeness (QED) is 0.523. The van der Waals surface area contributed by atoms with Gasteiger partial charge < -0.3 is 0 Å². The summed E-state index contributed by atoms with van der Waals surface area (Å²) in [7, 11) is 0. The van der Waals surface area contributed by atoms with E-state index in [9.17, 15) is 0 Å². The van der Waals surface area contributed by atoms with E-state index >= 15 is 0 Å². The van der Waals surface area contributed by atoms with E-state index in [4.69, 9.17) is 0 Å². The molecule has 0 atom stereocenters. The maximum atomic E-state index is 2.18. The van der Waals surface area contributed by atoms with Gasteiger partial charge in [0.2, 0.25) is 0 Å². The summed E-state index contributed by atoms with van der Waals surface area (Å²) in [5.74, 6) is 0. The first kappa shape index (κ1) is 12.0. The van der Waals surface area contributed by atoms with Crippen LogP contribution in [0.25, 0.3) is 0 Å². The van der Waals surface area contributed by atoms with Gasteiger partial charge in [-0.2, -0.15) is 0 Å². The third-order valence-electron chi connectivity index (χ3n) is 2.50. The lowest BCUT2D eigenvalue weighted by atomic mass is 10.0. The molecule has 0 N–H and O–H groups in total. The first-order chi connectivity index (χ1) is 5.91. The van der Waals surface area contributed by atoms with Crippen LogP contribution in [0.15, 0.2) is 0 Å². The second kappa shape index (κ2) is 11.0. The molecule has 2 saturated carbocycles. The van der Waals surface area contributed by atoms with Crippen molar-refractivity contribution in [1.82, 2.24) is 0 Å².